The van der Waals surface area contributed by atoms with Gasteiger partial charge in [0, 0.05) is 13.0 Å². The number of aliphatic hydroxyl groups is 1. The molecule has 95 heavy (non-hydrogen) atoms. The Morgan fingerprint density at radius 1 is 0.379 bits per heavy atom. The fraction of sp³-hybridized carbons (Fsp3) is 0.821. The molecular formula is C67H128N16O12. The van der Waals surface area contributed by atoms with E-state index in [4.69, 9.17) is 28.7 Å². The second kappa shape index (κ2) is 50.7. The van der Waals surface area contributed by atoms with E-state index < -0.39 is 125 Å². The average Bonchev–Trinajstić information content (AvgIpc) is 0.974. The lowest BCUT2D eigenvalue weighted by Crippen LogP contribution is -2.62. The van der Waals surface area contributed by atoms with Crippen molar-refractivity contribution in [2.24, 2.45) is 63.3 Å². The number of carbonyl (C=O) groups excluding carboxylic acids is 11. The van der Waals surface area contributed by atoms with Gasteiger partial charge in [-0.2, -0.15) is 0 Å². The van der Waals surface area contributed by atoms with E-state index in [1.807, 2.05) is 55.4 Å². The molecular weight excluding hydrogens is 1220 g/mol. The number of hydrogen-bond donors (Lipinski definition) is 16. The van der Waals surface area contributed by atoms with Crippen molar-refractivity contribution in [2.45, 2.75) is 298 Å². The number of aliphatic imine (C=N–C) groups is 1. The summed E-state index contributed by atoms with van der Waals surface area (Å²) in [4.78, 5) is 156. The largest absolute Gasteiger partial charge is 0.391 e. The highest BCUT2D eigenvalue weighted by Crippen LogP contribution is 2.17. The van der Waals surface area contributed by atoms with Crippen LogP contribution in [0.25, 0.3) is 0 Å². The summed E-state index contributed by atoms with van der Waals surface area (Å²) < 4.78 is 0. The molecule has 11 atom stereocenters. The second-order valence-electron chi connectivity index (χ2n) is 27.2. The van der Waals surface area contributed by atoms with Gasteiger partial charge < -0.3 is 86.9 Å². The van der Waals surface area contributed by atoms with Crippen LogP contribution in [0.2, 0.25) is 0 Å². The number of nitrogens with two attached hydrogens (primary N) is 5. The van der Waals surface area contributed by atoms with Gasteiger partial charge in [0.2, 0.25) is 65.0 Å². The molecule has 0 aliphatic heterocycles. The molecule has 0 unspecified atom stereocenters. The minimum atomic E-state index is -1.64. The van der Waals surface area contributed by atoms with E-state index in [2.05, 4.69) is 65.1 Å². The molecule has 0 aliphatic carbocycles. The van der Waals surface area contributed by atoms with Crippen LogP contribution < -0.4 is 81.8 Å². The Labute approximate surface area is 566 Å². The summed E-state index contributed by atoms with van der Waals surface area (Å²) in [6, 6.07) is -11.5. The quantitative estimate of drug-likeness (QED) is 0.0236. The maximum Gasteiger partial charge on any atom is 0.245 e. The van der Waals surface area contributed by atoms with E-state index in [1.54, 1.807) is 13.8 Å². The van der Waals surface area contributed by atoms with Crippen molar-refractivity contribution >= 4 is 70.9 Å². The molecule has 0 aromatic carbocycles. The number of carbonyl (C=O) groups is 11. The summed E-state index contributed by atoms with van der Waals surface area (Å²) in [7, 11) is 0. The number of nitrogens with one attached hydrogen (secondary N) is 10. The number of amides is 11. The average molecular weight is 1350 g/mol. The minimum absolute atomic E-state index is 0.00478. The van der Waals surface area contributed by atoms with Gasteiger partial charge in [-0.3, -0.25) is 57.7 Å². The molecule has 0 heterocycles. The van der Waals surface area contributed by atoms with Crippen molar-refractivity contribution < 1.29 is 57.8 Å². The summed E-state index contributed by atoms with van der Waals surface area (Å²) in [6.07, 6.45) is 12.7. The summed E-state index contributed by atoms with van der Waals surface area (Å²) in [5.41, 5.74) is 28.5. The second-order valence-corrected chi connectivity index (χ2v) is 27.2. The van der Waals surface area contributed by atoms with Gasteiger partial charge in [-0.1, -0.05) is 140 Å². The van der Waals surface area contributed by atoms with Crippen LogP contribution in [-0.2, 0) is 52.7 Å². The summed E-state index contributed by atoms with van der Waals surface area (Å²) in [5.74, 6) is -9.02. The van der Waals surface area contributed by atoms with Gasteiger partial charge in [0.15, 0.2) is 5.96 Å². The summed E-state index contributed by atoms with van der Waals surface area (Å²) >= 11 is 0. The van der Waals surface area contributed by atoms with Gasteiger partial charge in [-0.15, -0.1) is 0 Å². The molecule has 28 heteroatoms. The zero-order valence-electron chi connectivity index (χ0n) is 59.7. The molecule has 0 fully saturated rings. The molecule has 0 saturated carbocycles. The molecule has 0 aliphatic rings. The zero-order valence-corrected chi connectivity index (χ0v) is 59.7. The van der Waals surface area contributed by atoms with E-state index in [9.17, 15) is 57.8 Å². The van der Waals surface area contributed by atoms with Crippen LogP contribution in [0.3, 0.4) is 0 Å². The van der Waals surface area contributed by atoms with Crippen LogP contribution in [0, 0.1) is 29.6 Å². The van der Waals surface area contributed by atoms with Crippen LogP contribution >= 0.6 is 0 Å². The highest BCUT2D eigenvalue weighted by molar-refractivity contribution is 5.99. The van der Waals surface area contributed by atoms with E-state index in [1.165, 1.54) is 45.4 Å². The Hall–Kier alpha value is -6.68. The van der Waals surface area contributed by atoms with Gasteiger partial charge in [-0.25, -0.2) is 0 Å². The van der Waals surface area contributed by atoms with E-state index >= 15 is 0 Å². The molecule has 548 valence electrons. The molecule has 21 N–H and O–H groups in total. The highest BCUT2D eigenvalue weighted by atomic mass is 16.3. The smallest absolute Gasteiger partial charge is 0.245 e. The Morgan fingerprint density at radius 3 is 1.14 bits per heavy atom. The van der Waals surface area contributed by atoms with Crippen LogP contribution in [0.4, 0.5) is 0 Å². The Balaban J connectivity index is 6.81. The predicted molar refractivity (Wildman–Crippen MR) is 371 cm³/mol. The highest BCUT2D eigenvalue weighted by Gasteiger charge is 2.38. The molecule has 11 amide bonds. The molecule has 0 spiro atoms. The zero-order chi connectivity index (χ0) is 72.2. The monoisotopic (exact) mass is 1350 g/mol. The number of unbranched alkanes of at least 4 members (excludes halogenated alkanes) is 11. The Bertz CT molecular complexity index is 2340. The van der Waals surface area contributed by atoms with Crippen LogP contribution in [-0.4, -0.2) is 163 Å². The first-order valence-electron chi connectivity index (χ1n) is 35.2. The fourth-order valence-electron chi connectivity index (χ4n) is 10.6. The Morgan fingerprint density at radius 2 is 0.726 bits per heavy atom. The van der Waals surface area contributed by atoms with Crippen molar-refractivity contribution in [1.29, 1.82) is 0 Å². The molecule has 0 saturated heterocycles. The first kappa shape index (κ1) is 88.3. The van der Waals surface area contributed by atoms with Gasteiger partial charge in [-0.05, 0) is 133 Å². The van der Waals surface area contributed by atoms with E-state index in [0.29, 0.717) is 38.5 Å². The van der Waals surface area contributed by atoms with Crippen molar-refractivity contribution in [3.63, 3.8) is 0 Å². The van der Waals surface area contributed by atoms with Crippen LogP contribution in [0.5, 0.6) is 0 Å². The number of primary amides is 1. The topological polar surface area (TPSA) is 471 Å². The van der Waals surface area contributed by atoms with Gasteiger partial charge in [0.25, 0.3) is 0 Å². The first-order valence-corrected chi connectivity index (χ1v) is 35.2. The molecule has 0 aromatic heterocycles. The molecule has 0 bridgehead atoms. The van der Waals surface area contributed by atoms with E-state index in [-0.39, 0.29) is 120 Å². The Kier molecular flexibility index (Phi) is 47.1. The van der Waals surface area contributed by atoms with Crippen molar-refractivity contribution in [3.8, 4) is 0 Å². The summed E-state index contributed by atoms with van der Waals surface area (Å²) in [5, 5.41) is 38.0. The van der Waals surface area contributed by atoms with E-state index in [0.717, 1.165) is 19.3 Å². The third kappa shape index (κ3) is 40.5. The standard InChI is InChI=1S/C67H128N16O12/c1-13-15-16-17-18-19-20-21-22-23-32-54(85)74-40-55(86)75-51(37-42(5)6)62(91)80-52(38-43(7)8)63(92)77-47(29-24-26-33-68)59(88)76-49(31-28-35-73-67(71)72)60(89)82-56(45(11)14-2)65(94)78-48(30-25-27-34-69)61(90)83-57(46(12)84)66(95)81-53(39-44(9)10)64(93)79-50(58(70)87)36-41(3)4/h41-53,56-57,84H,13-40,68-69H2,1-12H3,(H2,70,87)(H,74,85)(H,75,86)(H,76,88)(H,77,92)(H,78,94)(H,79,93)(H,80,91)(H,81,95)(H,82,89)(H,83,90)(H4,71,72,73)/t45-,46+,47-,48-,49-,50-,51-,52-,53-,56-,57-/m0/s1. The third-order valence-electron chi connectivity index (χ3n) is 16.2. The first-order chi connectivity index (χ1) is 44.8. The predicted octanol–water partition coefficient (Wildman–Crippen LogP) is 2.18. The fourth-order valence-corrected chi connectivity index (χ4v) is 10.6. The molecule has 0 radical (unpaired) electrons. The number of hydrogen-bond acceptors (Lipinski definition) is 15. The lowest BCUT2D eigenvalue weighted by molar-refractivity contribution is -0.137. The van der Waals surface area contributed by atoms with Crippen LogP contribution in [0.1, 0.15) is 237 Å². The van der Waals surface area contributed by atoms with Crippen LogP contribution in [0.15, 0.2) is 4.99 Å². The maximum atomic E-state index is 14.7. The van der Waals surface area contributed by atoms with Gasteiger partial charge in [0.05, 0.1) is 12.6 Å². The molecule has 28 nitrogen and oxygen atoms in total. The number of aliphatic hydroxyl groups excluding tert-OH is 1. The maximum absolute atomic E-state index is 14.7. The van der Waals surface area contributed by atoms with Crippen molar-refractivity contribution in [3.05, 3.63) is 0 Å². The normalized spacial score (nSPS) is 14.9. The summed E-state index contributed by atoms with van der Waals surface area (Å²) in [6.45, 7) is 21.9. The minimum Gasteiger partial charge on any atom is -0.391 e. The van der Waals surface area contributed by atoms with Crippen molar-refractivity contribution in [1.82, 2.24) is 53.2 Å². The number of nitrogens with zero attached hydrogens (tertiary/aromatic N) is 1. The lowest BCUT2D eigenvalue weighted by Gasteiger charge is -2.30. The lowest BCUT2D eigenvalue weighted by atomic mass is 9.96. The SMILES string of the molecule is CCCCCCCCCCCCC(=O)NCC(=O)N[C@@H](CC(C)C)C(=O)N[C@@H](CC(C)C)C(=O)N[C@@H](CCCCN)C(=O)N[C@@H](CCCN=C(N)N)C(=O)N[C@H](C(=O)N[C@@H](CCCCN)C(=O)N[C@H](C(=O)N[C@@H](CC(C)C)C(=O)N[C@@H](CC(C)C)C(N)=O)[C@@H](C)O)[C@@H](C)CC. The van der Waals surface area contributed by atoms with Gasteiger partial charge >= 0.3 is 0 Å². The molecule has 0 aromatic rings. The third-order valence-corrected chi connectivity index (χ3v) is 16.2. The number of rotatable bonds is 54. The van der Waals surface area contributed by atoms with Gasteiger partial charge in [0.1, 0.15) is 54.4 Å². The molecule has 0 rings (SSSR count). The number of guanidine groups is 1. The van der Waals surface area contributed by atoms with Crippen molar-refractivity contribution in [2.75, 3.05) is 26.2 Å².